The Morgan fingerprint density at radius 3 is 2.64 bits per heavy atom. The van der Waals surface area contributed by atoms with Crippen LogP contribution in [0.2, 0.25) is 0 Å². The Hall–Kier alpha value is -0.610. The molecule has 0 aliphatic carbocycles. The minimum absolute atomic E-state index is 0.249. The number of amides is 1. The fourth-order valence-corrected chi connectivity index (χ4v) is 1.01. The van der Waals surface area contributed by atoms with Gasteiger partial charge in [-0.1, -0.05) is 0 Å². The van der Waals surface area contributed by atoms with Gasteiger partial charge in [0.25, 0.3) is 0 Å². The number of carbonyl (C=O) groups is 1. The van der Waals surface area contributed by atoms with Crippen molar-refractivity contribution in [1.29, 1.82) is 0 Å². The van der Waals surface area contributed by atoms with E-state index in [9.17, 15) is 4.79 Å². The van der Waals surface area contributed by atoms with Gasteiger partial charge >= 0.3 is 0 Å². The Balaban J connectivity index is 2.96. The van der Waals surface area contributed by atoms with Crippen LogP contribution in [-0.2, 0) is 9.53 Å². The van der Waals surface area contributed by atoms with Crippen LogP contribution in [0.15, 0.2) is 0 Å². The summed E-state index contributed by atoms with van der Waals surface area (Å²) in [5, 5.41) is 3.15. The van der Waals surface area contributed by atoms with Crippen molar-refractivity contribution in [1.82, 2.24) is 5.32 Å². The molecule has 0 bridgehead atoms. The zero-order valence-corrected chi connectivity index (χ0v) is 9.21. The summed E-state index contributed by atoms with van der Waals surface area (Å²) in [7, 11) is 0. The maximum Gasteiger partial charge on any atom is 0.218 e. The molecule has 0 fully saturated rings. The van der Waals surface area contributed by atoms with Crippen molar-refractivity contribution in [2.45, 2.75) is 39.2 Å². The average molecular weight is 202 g/mol. The van der Waals surface area contributed by atoms with E-state index in [2.05, 4.69) is 5.32 Å². The Morgan fingerprint density at radius 1 is 1.36 bits per heavy atom. The van der Waals surface area contributed by atoms with Crippen LogP contribution in [0.5, 0.6) is 0 Å². The number of rotatable bonds is 9. The van der Waals surface area contributed by atoms with E-state index in [-0.39, 0.29) is 5.91 Å². The molecule has 0 aromatic rings. The van der Waals surface area contributed by atoms with Crippen LogP contribution in [-0.4, -0.2) is 31.7 Å². The van der Waals surface area contributed by atoms with Crippen molar-refractivity contribution in [3.05, 3.63) is 0 Å². The summed E-state index contributed by atoms with van der Waals surface area (Å²) in [6.07, 6.45) is 2.87. The van der Waals surface area contributed by atoms with Gasteiger partial charge < -0.3 is 15.8 Å². The molecule has 4 nitrogen and oxygen atoms in total. The first-order valence-electron chi connectivity index (χ1n) is 5.23. The molecule has 4 heteroatoms. The fraction of sp³-hybridized carbons (Fsp3) is 0.900. The van der Waals surface area contributed by atoms with Crippen molar-refractivity contribution in [2.24, 2.45) is 5.73 Å². The number of carbonyl (C=O) groups excluding carboxylic acids is 1. The quantitative estimate of drug-likeness (QED) is 0.540. The van der Waals surface area contributed by atoms with Gasteiger partial charge in [0.15, 0.2) is 0 Å². The van der Waals surface area contributed by atoms with Crippen molar-refractivity contribution >= 4 is 5.91 Å². The predicted molar refractivity (Wildman–Crippen MR) is 57.0 cm³/mol. The topological polar surface area (TPSA) is 64.3 Å². The van der Waals surface area contributed by atoms with E-state index in [0.717, 1.165) is 26.0 Å². The molecule has 3 N–H and O–H groups in total. The Kier molecular flexibility index (Phi) is 8.57. The first-order valence-corrected chi connectivity index (χ1v) is 5.23. The van der Waals surface area contributed by atoms with Gasteiger partial charge in [0.05, 0.1) is 6.10 Å². The summed E-state index contributed by atoms with van der Waals surface area (Å²) in [5.74, 6) is -0.249. The van der Waals surface area contributed by atoms with Gasteiger partial charge in [-0.15, -0.1) is 0 Å². The van der Waals surface area contributed by atoms with Gasteiger partial charge in [0, 0.05) is 19.6 Å². The molecule has 14 heavy (non-hydrogen) atoms. The number of hydrogen-bond donors (Lipinski definition) is 2. The van der Waals surface area contributed by atoms with E-state index in [1.165, 1.54) is 0 Å². The van der Waals surface area contributed by atoms with E-state index in [1.807, 2.05) is 13.8 Å². The predicted octanol–water partition coefficient (Wildman–Crippen LogP) is 0.657. The van der Waals surface area contributed by atoms with Crippen LogP contribution in [0.3, 0.4) is 0 Å². The van der Waals surface area contributed by atoms with Gasteiger partial charge in [-0.2, -0.15) is 0 Å². The smallest absolute Gasteiger partial charge is 0.218 e. The van der Waals surface area contributed by atoms with Crippen molar-refractivity contribution in [2.75, 3.05) is 19.7 Å². The number of primary amides is 1. The van der Waals surface area contributed by atoms with Crippen LogP contribution in [0.1, 0.15) is 33.1 Å². The maximum absolute atomic E-state index is 10.4. The van der Waals surface area contributed by atoms with E-state index in [0.29, 0.717) is 19.1 Å². The summed E-state index contributed by atoms with van der Waals surface area (Å²) in [5.41, 5.74) is 4.99. The van der Waals surface area contributed by atoms with E-state index < -0.39 is 0 Å². The largest absolute Gasteiger partial charge is 0.379 e. The van der Waals surface area contributed by atoms with Gasteiger partial charge in [-0.3, -0.25) is 4.79 Å². The number of nitrogens with two attached hydrogens (primary N) is 1. The lowest BCUT2D eigenvalue weighted by Gasteiger charge is -2.07. The minimum Gasteiger partial charge on any atom is -0.379 e. The van der Waals surface area contributed by atoms with Gasteiger partial charge in [0.1, 0.15) is 0 Å². The molecule has 0 aromatic carbocycles. The molecule has 84 valence electrons. The second-order valence-electron chi connectivity index (χ2n) is 3.59. The molecule has 0 saturated carbocycles. The monoisotopic (exact) mass is 202 g/mol. The Labute approximate surface area is 86.2 Å². The average Bonchev–Trinajstić information content (AvgIpc) is 2.08. The van der Waals surface area contributed by atoms with E-state index in [4.69, 9.17) is 10.5 Å². The molecule has 0 rings (SSSR count). The van der Waals surface area contributed by atoms with Crippen molar-refractivity contribution in [3.63, 3.8) is 0 Å². The summed E-state index contributed by atoms with van der Waals surface area (Å²) in [4.78, 5) is 10.4. The molecule has 0 spiro atoms. The molecule has 0 unspecified atom stereocenters. The highest BCUT2D eigenvalue weighted by molar-refractivity contribution is 5.73. The zero-order valence-electron chi connectivity index (χ0n) is 9.21. The lowest BCUT2D eigenvalue weighted by atomic mass is 10.3. The number of nitrogens with one attached hydrogen (secondary N) is 1. The third-order valence-electron chi connectivity index (χ3n) is 1.75. The lowest BCUT2D eigenvalue weighted by molar-refractivity contribution is -0.117. The molecule has 0 radical (unpaired) electrons. The maximum atomic E-state index is 10.4. The highest BCUT2D eigenvalue weighted by atomic mass is 16.5. The van der Waals surface area contributed by atoms with Crippen LogP contribution in [0, 0.1) is 0 Å². The Morgan fingerprint density at radius 2 is 2.07 bits per heavy atom. The first kappa shape index (κ1) is 13.4. The third kappa shape index (κ3) is 11.4. The summed E-state index contributed by atoms with van der Waals surface area (Å²) in [6, 6.07) is 0. The first-order chi connectivity index (χ1) is 6.63. The Bertz CT molecular complexity index is 149. The third-order valence-corrected chi connectivity index (χ3v) is 1.75. The highest BCUT2D eigenvalue weighted by Gasteiger charge is 1.94. The van der Waals surface area contributed by atoms with Crippen LogP contribution < -0.4 is 11.1 Å². The fourth-order valence-electron chi connectivity index (χ4n) is 1.01. The summed E-state index contributed by atoms with van der Waals surface area (Å²) in [6.45, 7) is 6.49. The second-order valence-corrected chi connectivity index (χ2v) is 3.59. The SMILES string of the molecule is CC(C)OCCCCNCCC(N)=O. The molecule has 0 aromatic heterocycles. The molecular formula is C10H22N2O2. The second kappa shape index (κ2) is 8.97. The van der Waals surface area contributed by atoms with Gasteiger partial charge in [-0.05, 0) is 33.2 Å². The number of unbranched alkanes of at least 4 members (excludes halogenated alkanes) is 1. The molecule has 0 aliphatic heterocycles. The van der Waals surface area contributed by atoms with Crippen molar-refractivity contribution < 1.29 is 9.53 Å². The highest BCUT2D eigenvalue weighted by Crippen LogP contribution is 1.93. The number of ether oxygens (including phenoxy) is 1. The van der Waals surface area contributed by atoms with Gasteiger partial charge in [0.2, 0.25) is 5.91 Å². The number of hydrogen-bond acceptors (Lipinski definition) is 3. The molecule has 0 saturated heterocycles. The van der Waals surface area contributed by atoms with Crippen molar-refractivity contribution in [3.8, 4) is 0 Å². The van der Waals surface area contributed by atoms with Gasteiger partial charge in [-0.25, -0.2) is 0 Å². The van der Waals surface area contributed by atoms with E-state index >= 15 is 0 Å². The van der Waals surface area contributed by atoms with E-state index in [1.54, 1.807) is 0 Å². The molecule has 0 atom stereocenters. The minimum atomic E-state index is -0.249. The molecule has 1 amide bonds. The summed E-state index contributed by atoms with van der Waals surface area (Å²) < 4.78 is 5.38. The van der Waals surface area contributed by atoms with Crippen LogP contribution in [0.4, 0.5) is 0 Å². The lowest BCUT2D eigenvalue weighted by Crippen LogP contribution is -2.23. The molecule has 0 aliphatic rings. The molecule has 0 heterocycles. The molecular weight excluding hydrogens is 180 g/mol. The summed E-state index contributed by atoms with van der Waals surface area (Å²) >= 11 is 0. The van der Waals surface area contributed by atoms with Crippen LogP contribution in [0.25, 0.3) is 0 Å². The normalized spacial score (nSPS) is 10.8. The standard InChI is InChI=1S/C10H22N2O2/c1-9(2)14-8-4-3-6-12-7-5-10(11)13/h9,12H,3-8H2,1-2H3,(H2,11,13). The van der Waals surface area contributed by atoms with Crippen LogP contribution >= 0.6 is 0 Å². The zero-order chi connectivity index (χ0) is 10.8.